The zero-order chi connectivity index (χ0) is 15.3. The van der Waals surface area contributed by atoms with E-state index in [4.69, 9.17) is 5.11 Å². The molecule has 1 saturated heterocycles. The van der Waals surface area contributed by atoms with Gasteiger partial charge in [-0.15, -0.1) is 0 Å². The van der Waals surface area contributed by atoms with Gasteiger partial charge in [0.25, 0.3) is 0 Å². The molecule has 2 fully saturated rings. The van der Waals surface area contributed by atoms with Crippen LogP contribution in [0.1, 0.15) is 28.8 Å². The highest BCUT2D eigenvalue weighted by molar-refractivity contribution is 7.88. The van der Waals surface area contributed by atoms with Gasteiger partial charge in [0.2, 0.25) is 10.0 Å². The summed E-state index contributed by atoms with van der Waals surface area (Å²) in [7, 11) is -3.52. The number of rotatable bonds is 5. The van der Waals surface area contributed by atoms with Gasteiger partial charge in [-0.3, -0.25) is 0 Å². The molecule has 6 nitrogen and oxygen atoms in total. The molecule has 0 spiro atoms. The van der Waals surface area contributed by atoms with Crippen LogP contribution in [0.4, 0.5) is 0 Å². The van der Waals surface area contributed by atoms with Gasteiger partial charge < -0.3 is 10.2 Å². The second-order valence-corrected chi connectivity index (χ2v) is 7.88. The number of sulfonamides is 1. The van der Waals surface area contributed by atoms with Gasteiger partial charge in [-0.25, -0.2) is 13.2 Å². The van der Waals surface area contributed by atoms with Crippen molar-refractivity contribution in [3.05, 3.63) is 35.4 Å². The fraction of sp³-hybridized carbons (Fsp3) is 0.500. The second-order valence-electron chi connectivity index (χ2n) is 5.91. The molecule has 0 bridgehead atoms. The third-order valence-corrected chi connectivity index (χ3v) is 5.90. The van der Waals surface area contributed by atoms with Gasteiger partial charge in [0, 0.05) is 13.1 Å². The minimum absolute atomic E-state index is 0.0702. The normalized spacial score (nSPS) is 21.8. The summed E-state index contributed by atoms with van der Waals surface area (Å²) in [5.74, 6) is -1.09. The van der Waals surface area contributed by atoms with Crippen LogP contribution >= 0.6 is 0 Å². The Morgan fingerprint density at radius 1 is 1.33 bits per heavy atom. The van der Waals surface area contributed by atoms with Crippen molar-refractivity contribution >= 4 is 16.0 Å². The Kier molecular flexibility index (Phi) is 3.31. The number of aromatic carboxylic acids is 1. The Bertz CT molecular complexity index is 674. The molecule has 1 aliphatic carbocycles. The molecule has 1 aromatic carbocycles. The first-order chi connectivity index (χ1) is 9.80. The first kappa shape index (κ1) is 14.5. The van der Waals surface area contributed by atoms with Crippen LogP contribution < -0.4 is 0 Å². The third kappa shape index (κ3) is 2.81. The van der Waals surface area contributed by atoms with Crippen LogP contribution in [0.3, 0.4) is 0 Å². The van der Waals surface area contributed by atoms with E-state index in [1.54, 1.807) is 6.07 Å². The number of carboxylic acids is 1. The van der Waals surface area contributed by atoms with Crippen LogP contribution in [0, 0.1) is 5.92 Å². The average molecular weight is 311 g/mol. The second kappa shape index (κ2) is 4.79. The van der Waals surface area contributed by atoms with Crippen LogP contribution in [-0.4, -0.2) is 47.6 Å². The number of carbonyl (C=O) groups is 1. The zero-order valence-electron chi connectivity index (χ0n) is 11.4. The van der Waals surface area contributed by atoms with Crippen LogP contribution in [0.25, 0.3) is 0 Å². The van der Waals surface area contributed by atoms with Gasteiger partial charge in [-0.05, 0) is 36.5 Å². The van der Waals surface area contributed by atoms with Crippen molar-refractivity contribution in [2.24, 2.45) is 5.92 Å². The van der Waals surface area contributed by atoms with E-state index in [9.17, 15) is 18.3 Å². The fourth-order valence-electron chi connectivity index (χ4n) is 2.74. The molecule has 114 valence electrons. The van der Waals surface area contributed by atoms with E-state index in [0.717, 1.165) is 12.8 Å². The Morgan fingerprint density at radius 3 is 2.57 bits per heavy atom. The summed E-state index contributed by atoms with van der Waals surface area (Å²) in [5, 5.41) is 19.1. The summed E-state index contributed by atoms with van der Waals surface area (Å²) < 4.78 is 25.8. The summed E-state index contributed by atoms with van der Waals surface area (Å²) >= 11 is 0. The molecular formula is C14H17NO5S. The smallest absolute Gasteiger partial charge is 0.335 e. The molecule has 0 radical (unpaired) electrons. The van der Waals surface area contributed by atoms with Crippen molar-refractivity contribution in [3.8, 4) is 0 Å². The number of benzene rings is 1. The van der Waals surface area contributed by atoms with Gasteiger partial charge in [-0.2, -0.15) is 4.31 Å². The van der Waals surface area contributed by atoms with Gasteiger partial charge in [0.05, 0.1) is 16.9 Å². The standard InChI is InChI=1S/C14H17NO5S/c16-13(17)11-3-1-2-10(6-11)7-21(19,20)15-8-14(18,9-15)12-4-5-12/h1-3,6,12,18H,4-5,7-9H2,(H,16,17). The van der Waals surface area contributed by atoms with Gasteiger partial charge in [0.1, 0.15) is 0 Å². The van der Waals surface area contributed by atoms with E-state index in [0.29, 0.717) is 5.56 Å². The highest BCUT2D eigenvalue weighted by Crippen LogP contribution is 2.45. The van der Waals surface area contributed by atoms with E-state index < -0.39 is 21.6 Å². The molecule has 1 aromatic rings. The van der Waals surface area contributed by atoms with E-state index in [1.807, 2.05) is 0 Å². The van der Waals surface area contributed by atoms with Crippen LogP contribution in [0.15, 0.2) is 24.3 Å². The molecule has 0 unspecified atom stereocenters. The lowest BCUT2D eigenvalue weighted by molar-refractivity contribution is -0.0765. The molecule has 0 aromatic heterocycles. The SMILES string of the molecule is O=C(O)c1cccc(CS(=O)(=O)N2CC(O)(C3CC3)C2)c1. The van der Waals surface area contributed by atoms with Gasteiger partial charge in [-0.1, -0.05) is 12.1 Å². The maximum atomic E-state index is 12.3. The average Bonchev–Trinajstić information content (AvgIpc) is 3.19. The number of nitrogens with zero attached hydrogens (tertiary/aromatic N) is 1. The van der Waals surface area contributed by atoms with Crippen molar-refractivity contribution in [2.45, 2.75) is 24.2 Å². The van der Waals surface area contributed by atoms with Crippen molar-refractivity contribution in [3.63, 3.8) is 0 Å². The molecule has 0 atom stereocenters. The third-order valence-electron chi connectivity index (χ3n) is 4.15. The Balaban J connectivity index is 1.69. The van der Waals surface area contributed by atoms with E-state index >= 15 is 0 Å². The number of β-amino-alcohol motifs (C(OH)–C–C–N with tert-alkyl or cyclic N) is 1. The summed E-state index contributed by atoms with van der Waals surface area (Å²) in [5.41, 5.74) is -0.340. The van der Waals surface area contributed by atoms with Crippen LogP contribution in [0.5, 0.6) is 0 Å². The van der Waals surface area contributed by atoms with E-state index in [1.165, 1.54) is 22.5 Å². The first-order valence-electron chi connectivity index (χ1n) is 6.83. The molecule has 1 saturated carbocycles. The molecule has 7 heteroatoms. The van der Waals surface area contributed by atoms with Crippen molar-refractivity contribution < 1.29 is 23.4 Å². The maximum Gasteiger partial charge on any atom is 0.335 e. The van der Waals surface area contributed by atoms with Crippen LogP contribution in [-0.2, 0) is 15.8 Å². The lowest BCUT2D eigenvalue weighted by atomic mass is 9.91. The number of hydrogen-bond donors (Lipinski definition) is 2. The fourth-order valence-corrected chi connectivity index (χ4v) is 4.36. The largest absolute Gasteiger partial charge is 0.478 e. The first-order valence-corrected chi connectivity index (χ1v) is 8.43. The molecule has 0 amide bonds. The molecule has 3 rings (SSSR count). The summed E-state index contributed by atoms with van der Waals surface area (Å²) in [6.07, 6.45) is 1.93. The van der Waals surface area contributed by atoms with Crippen LogP contribution in [0.2, 0.25) is 0 Å². The highest BCUT2D eigenvalue weighted by Gasteiger charge is 2.54. The monoisotopic (exact) mass is 311 g/mol. The van der Waals surface area contributed by atoms with Crippen molar-refractivity contribution in [2.75, 3.05) is 13.1 Å². The predicted molar refractivity (Wildman–Crippen MR) is 75.3 cm³/mol. The molecule has 1 heterocycles. The van der Waals surface area contributed by atoms with E-state index in [-0.39, 0.29) is 30.3 Å². The van der Waals surface area contributed by atoms with Crippen molar-refractivity contribution in [1.82, 2.24) is 4.31 Å². The summed E-state index contributed by atoms with van der Waals surface area (Å²) in [4.78, 5) is 10.9. The highest BCUT2D eigenvalue weighted by atomic mass is 32.2. The quantitative estimate of drug-likeness (QED) is 0.833. The zero-order valence-corrected chi connectivity index (χ0v) is 12.2. The molecular weight excluding hydrogens is 294 g/mol. The predicted octanol–water partition coefficient (Wildman–Crippen LogP) is 0.671. The van der Waals surface area contributed by atoms with Gasteiger partial charge >= 0.3 is 5.97 Å². The molecule has 1 aliphatic heterocycles. The number of aliphatic hydroxyl groups is 1. The number of carboxylic acid groups (broad SMARTS) is 1. The minimum atomic E-state index is -3.52. The van der Waals surface area contributed by atoms with Crippen molar-refractivity contribution in [1.29, 1.82) is 0 Å². The Labute approximate surface area is 123 Å². The Morgan fingerprint density at radius 2 is 2.00 bits per heavy atom. The van der Waals surface area contributed by atoms with Gasteiger partial charge in [0.15, 0.2) is 0 Å². The minimum Gasteiger partial charge on any atom is -0.478 e. The topological polar surface area (TPSA) is 94.9 Å². The Hall–Kier alpha value is -1.44. The maximum absolute atomic E-state index is 12.3. The molecule has 2 N–H and O–H groups in total. The lowest BCUT2D eigenvalue weighted by Crippen LogP contribution is -2.64. The lowest BCUT2D eigenvalue weighted by Gasteiger charge is -2.45. The molecule has 21 heavy (non-hydrogen) atoms. The summed E-state index contributed by atoms with van der Waals surface area (Å²) in [6.45, 7) is 0.303. The van der Waals surface area contributed by atoms with E-state index in [2.05, 4.69) is 0 Å². The molecule has 2 aliphatic rings. The number of hydrogen-bond acceptors (Lipinski definition) is 4. The summed E-state index contributed by atoms with van der Waals surface area (Å²) in [6, 6.07) is 5.92.